The molecule has 0 unspecified atom stereocenters. The number of thiazole rings is 1. The summed E-state index contributed by atoms with van der Waals surface area (Å²) < 4.78 is 1.51. The van der Waals surface area contributed by atoms with E-state index in [1.807, 2.05) is 38.4 Å². The van der Waals surface area contributed by atoms with E-state index in [4.69, 9.17) is 9.97 Å². The fourth-order valence-electron chi connectivity index (χ4n) is 3.53. The molecular formula is C20H18N6OS. The summed E-state index contributed by atoms with van der Waals surface area (Å²) in [5.41, 5.74) is 3.74. The highest BCUT2D eigenvalue weighted by molar-refractivity contribution is 7.15. The molecular weight excluding hydrogens is 372 g/mol. The maximum absolute atomic E-state index is 12.2. The summed E-state index contributed by atoms with van der Waals surface area (Å²) in [7, 11) is 0. The molecule has 0 N–H and O–H groups in total. The van der Waals surface area contributed by atoms with Crippen molar-refractivity contribution in [2.45, 2.75) is 26.8 Å². The molecule has 4 aromatic rings. The van der Waals surface area contributed by atoms with E-state index in [1.165, 1.54) is 15.3 Å². The van der Waals surface area contributed by atoms with Crippen LogP contribution in [0.1, 0.15) is 21.8 Å². The molecule has 0 amide bonds. The highest BCUT2D eigenvalue weighted by atomic mass is 32.1. The number of pyridine rings is 1. The first-order valence-electron chi connectivity index (χ1n) is 9.10. The van der Waals surface area contributed by atoms with Crippen LogP contribution in [0, 0.1) is 13.8 Å². The Morgan fingerprint density at radius 2 is 2.07 bits per heavy atom. The van der Waals surface area contributed by atoms with Crippen LogP contribution in [0.15, 0.2) is 41.6 Å². The maximum atomic E-state index is 12.2. The molecule has 140 valence electrons. The van der Waals surface area contributed by atoms with E-state index in [0.29, 0.717) is 11.5 Å². The van der Waals surface area contributed by atoms with Crippen LogP contribution in [0.4, 0.5) is 5.82 Å². The van der Waals surface area contributed by atoms with E-state index in [2.05, 4.69) is 14.9 Å². The molecule has 0 saturated carbocycles. The summed E-state index contributed by atoms with van der Waals surface area (Å²) in [4.78, 5) is 33.9. The summed E-state index contributed by atoms with van der Waals surface area (Å²) in [5, 5.41) is 1.01. The minimum atomic E-state index is -0.103. The number of aromatic nitrogens is 5. The van der Waals surface area contributed by atoms with Gasteiger partial charge in [0.15, 0.2) is 0 Å². The predicted octanol–water partition coefficient (Wildman–Crippen LogP) is 2.79. The van der Waals surface area contributed by atoms with E-state index in [0.717, 1.165) is 47.2 Å². The summed E-state index contributed by atoms with van der Waals surface area (Å²) in [6, 6.07) is 5.50. The Morgan fingerprint density at radius 1 is 1.18 bits per heavy atom. The fraction of sp³-hybridized carbons (Fsp3) is 0.250. The van der Waals surface area contributed by atoms with Gasteiger partial charge in [0, 0.05) is 59.3 Å². The molecule has 4 aromatic heterocycles. The first-order chi connectivity index (χ1) is 13.6. The Hall–Kier alpha value is -3.13. The molecule has 0 spiro atoms. The third kappa shape index (κ3) is 2.86. The molecule has 1 aliphatic heterocycles. The van der Waals surface area contributed by atoms with E-state index < -0.39 is 0 Å². The third-order valence-electron chi connectivity index (χ3n) is 4.88. The van der Waals surface area contributed by atoms with Crippen LogP contribution in [-0.2, 0) is 13.0 Å². The first kappa shape index (κ1) is 17.0. The molecule has 0 aromatic carbocycles. The minimum absolute atomic E-state index is 0.103. The zero-order valence-corrected chi connectivity index (χ0v) is 16.4. The Kier molecular flexibility index (Phi) is 3.94. The Morgan fingerprint density at radius 3 is 2.89 bits per heavy atom. The molecule has 8 heteroatoms. The van der Waals surface area contributed by atoms with Crippen LogP contribution in [0.5, 0.6) is 0 Å². The Labute approximate surface area is 165 Å². The van der Waals surface area contributed by atoms with Gasteiger partial charge < -0.3 is 4.90 Å². The van der Waals surface area contributed by atoms with Crippen molar-refractivity contribution in [1.82, 2.24) is 24.3 Å². The topological polar surface area (TPSA) is 76.3 Å². The first-order valence-corrected chi connectivity index (χ1v) is 9.92. The molecule has 0 atom stereocenters. The van der Waals surface area contributed by atoms with Crippen molar-refractivity contribution in [2.75, 3.05) is 11.4 Å². The number of aryl methyl sites for hydroxylation is 2. The monoisotopic (exact) mass is 390 g/mol. The second-order valence-electron chi connectivity index (χ2n) is 6.96. The second-order valence-corrected chi connectivity index (χ2v) is 8.04. The van der Waals surface area contributed by atoms with Crippen LogP contribution in [0.25, 0.3) is 16.3 Å². The Balaban J connectivity index is 1.52. The molecule has 0 bridgehead atoms. The summed E-state index contributed by atoms with van der Waals surface area (Å²) in [5.74, 6) is 1.32. The lowest BCUT2D eigenvalue weighted by Crippen LogP contribution is -2.31. The van der Waals surface area contributed by atoms with E-state index in [1.54, 1.807) is 17.5 Å². The second kappa shape index (κ2) is 6.49. The predicted molar refractivity (Wildman–Crippen MR) is 109 cm³/mol. The summed E-state index contributed by atoms with van der Waals surface area (Å²) in [6.45, 7) is 5.39. The average Bonchev–Trinajstić information content (AvgIpc) is 3.12. The van der Waals surface area contributed by atoms with Gasteiger partial charge in [-0.15, -0.1) is 11.3 Å². The fourth-order valence-corrected chi connectivity index (χ4v) is 4.65. The van der Waals surface area contributed by atoms with Gasteiger partial charge in [-0.2, -0.15) is 4.98 Å². The summed E-state index contributed by atoms with van der Waals surface area (Å²) >= 11 is 1.71. The number of hydrogen-bond donors (Lipinski definition) is 0. The van der Waals surface area contributed by atoms with Gasteiger partial charge >= 0.3 is 0 Å². The van der Waals surface area contributed by atoms with Crippen LogP contribution < -0.4 is 10.5 Å². The highest BCUT2D eigenvalue weighted by Crippen LogP contribution is 2.33. The van der Waals surface area contributed by atoms with Gasteiger partial charge in [0.1, 0.15) is 10.8 Å². The van der Waals surface area contributed by atoms with Crippen LogP contribution in [0.3, 0.4) is 0 Å². The van der Waals surface area contributed by atoms with Crippen molar-refractivity contribution >= 4 is 22.9 Å². The van der Waals surface area contributed by atoms with Gasteiger partial charge in [0.25, 0.3) is 5.56 Å². The van der Waals surface area contributed by atoms with E-state index >= 15 is 0 Å². The van der Waals surface area contributed by atoms with Crippen molar-refractivity contribution in [2.24, 2.45) is 0 Å². The van der Waals surface area contributed by atoms with Gasteiger partial charge in [0.2, 0.25) is 5.78 Å². The average molecular weight is 390 g/mol. The highest BCUT2D eigenvalue weighted by Gasteiger charge is 2.24. The van der Waals surface area contributed by atoms with Crippen molar-refractivity contribution in [3.63, 3.8) is 0 Å². The normalized spacial score (nSPS) is 13.7. The zero-order valence-electron chi connectivity index (χ0n) is 15.6. The van der Waals surface area contributed by atoms with Gasteiger partial charge in [-0.05, 0) is 26.0 Å². The largest absolute Gasteiger partial charge is 0.351 e. The molecule has 0 radical (unpaired) electrons. The molecule has 1 aliphatic rings. The van der Waals surface area contributed by atoms with Crippen molar-refractivity contribution in [3.05, 3.63) is 69.0 Å². The van der Waals surface area contributed by atoms with Crippen LogP contribution >= 0.6 is 11.3 Å². The number of rotatable bonds is 2. The molecule has 28 heavy (non-hydrogen) atoms. The SMILES string of the molecule is Cc1cc(=O)n2cc(C)c(N3CCc4nc(-c5cccnc5)sc4C3)nc2n1. The minimum Gasteiger partial charge on any atom is -0.351 e. The van der Waals surface area contributed by atoms with Gasteiger partial charge in [-0.25, -0.2) is 9.97 Å². The maximum Gasteiger partial charge on any atom is 0.259 e. The molecule has 0 saturated heterocycles. The molecule has 5 heterocycles. The molecule has 5 rings (SSSR count). The lowest BCUT2D eigenvalue weighted by Gasteiger charge is -2.28. The summed E-state index contributed by atoms with van der Waals surface area (Å²) in [6.07, 6.45) is 6.32. The number of anilines is 1. The number of fused-ring (bicyclic) bond motifs is 2. The molecule has 7 nitrogen and oxygen atoms in total. The van der Waals surface area contributed by atoms with E-state index in [9.17, 15) is 4.79 Å². The van der Waals surface area contributed by atoms with Crippen molar-refractivity contribution in [3.8, 4) is 10.6 Å². The van der Waals surface area contributed by atoms with Gasteiger partial charge in [-0.1, -0.05) is 0 Å². The molecule has 0 aliphatic carbocycles. The standard InChI is InChI=1S/C20H18N6OS/c1-12-10-26-17(27)8-13(2)22-20(26)24-18(12)25-7-5-15-16(11-25)28-19(23-15)14-4-3-6-21-9-14/h3-4,6,8-10H,5,7,11H2,1-2H3. The van der Waals surface area contributed by atoms with Crippen molar-refractivity contribution in [1.29, 1.82) is 0 Å². The smallest absolute Gasteiger partial charge is 0.259 e. The molecule has 0 fully saturated rings. The lowest BCUT2D eigenvalue weighted by molar-refractivity contribution is 0.714. The quantitative estimate of drug-likeness (QED) is 0.524. The van der Waals surface area contributed by atoms with Gasteiger partial charge in [-0.3, -0.25) is 14.2 Å². The zero-order chi connectivity index (χ0) is 19.3. The van der Waals surface area contributed by atoms with E-state index in [-0.39, 0.29) is 5.56 Å². The number of hydrogen-bond acceptors (Lipinski definition) is 7. The van der Waals surface area contributed by atoms with Crippen molar-refractivity contribution < 1.29 is 0 Å². The number of nitrogens with zero attached hydrogens (tertiary/aromatic N) is 6. The lowest BCUT2D eigenvalue weighted by atomic mass is 10.1. The van der Waals surface area contributed by atoms with Crippen LogP contribution in [-0.4, -0.2) is 30.9 Å². The van der Waals surface area contributed by atoms with Crippen LogP contribution in [0.2, 0.25) is 0 Å². The Bertz CT molecular complexity index is 1250. The van der Waals surface area contributed by atoms with Gasteiger partial charge in [0.05, 0.1) is 12.2 Å². The third-order valence-corrected chi connectivity index (χ3v) is 6.01.